The summed E-state index contributed by atoms with van der Waals surface area (Å²) in [5, 5.41) is 5.86. The first kappa shape index (κ1) is 23.0. The summed E-state index contributed by atoms with van der Waals surface area (Å²) < 4.78 is 34.3. The van der Waals surface area contributed by atoms with Gasteiger partial charge in [0.15, 0.2) is 17.4 Å². The van der Waals surface area contributed by atoms with Crippen molar-refractivity contribution in [1.82, 2.24) is 4.98 Å². The molecule has 0 radical (unpaired) electrons. The molecule has 2 N–H and O–H groups in total. The molecule has 35 heavy (non-hydrogen) atoms. The Hall–Kier alpha value is -3.72. The van der Waals surface area contributed by atoms with Gasteiger partial charge in [-0.1, -0.05) is 31.4 Å². The zero-order valence-electron chi connectivity index (χ0n) is 19.1. The smallest absolute Gasteiger partial charge is 0.285 e. The summed E-state index contributed by atoms with van der Waals surface area (Å²) in [6.07, 6.45) is 7.73. The van der Waals surface area contributed by atoms with Crippen molar-refractivity contribution in [2.24, 2.45) is 10.3 Å². The number of sulfonamides is 1. The van der Waals surface area contributed by atoms with Gasteiger partial charge < -0.3 is 15.4 Å². The van der Waals surface area contributed by atoms with Gasteiger partial charge in [-0.3, -0.25) is 4.79 Å². The number of hydrogen-bond acceptors (Lipinski definition) is 6. The molecule has 9 heteroatoms. The minimum atomic E-state index is -3.70. The number of amidine groups is 1. The summed E-state index contributed by atoms with van der Waals surface area (Å²) in [6, 6.07) is 17.0. The number of aromatic nitrogens is 1. The van der Waals surface area contributed by atoms with Gasteiger partial charge in [-0.05, 0) is 67.3 Å². The molecule has 2 heterocycles. The maximum absolute atomic E-state index is 12.8. The van der Waals surface area contributed by atoms with E-state index in [0.717, 1.165) is 0 Å². The minimum absolute atomic E-state index is 0.176. The van der Waals surface area contributed by atoms with Gasteiger partial charge in [0.1, 0.15) is 4.90 Å². The Labute approximate surface area is 204 Å². The van der Waals surface area contributed by atoms with Gasteiger partial charge >= 0.3 is 0 Å². The number of benzene rings is 2. The number of ether oxygens (including phenoxy) is 1. The van der Waals surface area contributed by atoms with Crippen molar-refractivity contribution in [3.05, 3.63) is 78.0 Å². The molecule has 0 unspecified atom stereocenters. The molecule has 1 fully saturated rings. The second-order valence-corrected chi connectivity index (χ2v) is 10.3. The van der Waals surface area contributed by atoms with Crippen LogP contribution in [-0.4, -0.2) is 31.8 Å². The largest absolute Gasteiger partial charge is 0.489 e. The molecular weight excluding hydrogens is 464 g/mol. The predicted octanol–water partition coefficient (Wildman–Crippen LogP) is 4.85. The molecular formula is C26H26N4O4S. The lowest BCUT2D eigenvalue weighted by molar-refractivity contribution is 0.102. The summed E-state index contributed by atoms with van der Waals surface area (Å²) in [7, 11) is -3.70. The average molecular weight is 491 g/mol. The SMILES string of the molecule is O=C(Nc1ncccc1OCC1CCCCC1)c1ccc(NC2=NS(=O)(=O)c3ccccc32)cc1. The Bertz CT molecular complexity index is 1360. The van der Waals surface area contributed by atoms with Gasteiger partial charge in [0, 0.05) is 23.0 Å². The monoisotopic (exact) mass is 490 g/mol. The molecule has 5 rings (SSSR count). The van der Waals surface area contributed by atoms with E-state index in [1.807, 2.05) is 6.07 Å². The number of nitrogens with zero attached hydrogens (tertiary/aromatic N) is 2. The van der Waals surface area contributed by atoms with E-state index in [2.05, 4.69) is 20.0 Å². The van der Waals surface area contributed by atoms with E-state index in [0.29, 0.717) is 40.9 Å². The highest BCUT2D eigenvalue weighted by atomic mass is 32.2. The molecule has 2 aromatic carbocycles. The zero-order valence-corrected chi connectivity index (χ0v) is 19.9. The van der Waals surface area contributed by atoms with Gasteiger partial charge in [0.05, 0.1) is 6.61 Å². The Morgan fingerprint density at radius 1 is 0.971 bits per heavy atom. The van der Waals surface area contributed by atoms with Crippen LogP contribution >= 0.6 is 0 Å². The number of rotatable bonds is 6. The first-order chi connectivity index (χ1) is 17.0. The first-order valence-corrected chi connectivity index (χ1v) is 13.1. The number of fused-ring (bicyclic) bond motifs is 1. The summed E-state index contributed by atoms with van der Waals surface area (Å²) in [6.45, 7) is 0.623. The highest BCUT2D eigenvalue weighted by Crippen LogP contribution is 2.28. The van der Waals surface area contributed by atoms with Gasteiger partial charge in [0.2, 0.25) is 0 Å². The fraction of sp³-hybridized carbons (Fsp3) is 0.269. The number of pyridine rings is 1. The Morgan fingerprint density at radius 3 is 2.54 bits per heavy atom. The maximum atomic E-state index is 12.8. The van der Waals surface area contributed by atoms with E-state index in [4.69, 9.17) is 4.74 Å². The lowest BCUT2D eigenvalue weighted by Crippen LogP contribution is -2.18. The molecule has 3 aromatic rings. The highest BCUT2D eigenvalue weighted by molar-refractivity contribution is 7.90. The topological polar surface area (TPSA) is 110 Å². The van der Waals surface area contributed by atoms with Gasteiger partial charge in [-0.2, -0.15) is 8.42 Å². The number of anilines is 2. The minimum Gasteiger partial charge on any atom is -0.489 e. The van der Waals surface area contributed by atoms with E-state index < -0.39 is 10.0 Å². The molecule has 0 atom stereocenters. The molecule has 1 aromatic heterocycles. The van der Waals surface area contributed by atoms with E-state index in [-0.39, 0.29) is 16.6 Å². The quantitative estimate of drug-likeness (QED) is 0.511. The third-order valence-electron chi connectivity index (χ3n) is 6.24. The molecule has 1 amide bonds. The molecule has 2 aliphatic rings. The van der Waals surface area contributed by atoms with Crippen LogP contribution in [0.3, 0.4) is 0 Å². The third kappa shape index (κ3) is 5.19. The number of carbonyl (C=O) groups is 1. The summed E-state index contributed by atoms with van der Waals surface area (Å²) in [5.74, 6) is 1.43. The molecule has 0 spiro atoms. The molecule has 180 valence electrons. The summed E-state index contributed by atoms with van der Waals surface area (Å²) >= 11 is 0. The summed E-state index contributed by atoms with van der Waals surface area (Å²) in [5.41, 5.74) is 1.56. The zero-order chi connectivity index (χ0) is 24.3. The maximum Gasteiger partial charge on any atom is 0.285 e. The Morgan fingerprint density at radius 2 is 1.74 bits per heavy atom. The molecule has 1 aliphatic heterocycles. The Balaban J connectivity index is 1.24. The van der Waals surface area contributed by atoms with E-state index in [9.17, 15) is 13.2 Å². The normalized spacial score (nSPS) is 16.7. The number of nitrogens with one attached hydrogen (secondary N) is 2. The lowest BCUT2D eigenvalue weighted by Gasteiger charge is -2.22. The predicted molar refractivity (Wildman–Crippen MR) is 134 cm³/mol. The van der Waals surface area contributed by atoms with E-state index >= 15 is 0 Å². The van der Waals surface area contributed by atoms with Crippen LogP contribution in [0, 0.1) is 5.92 Å². The molecule has 0 bridgehead atoms. The first-order valence-electron chi connectivity index (χ1n) is 11.7. The molecule has 0 saturated heterocycles. The van der Waals surface area contributed by atoms with E-state index in [1.54, 1.807) is 54.7 Å². The van der Waals surface area contributed by atoms with Gasteiger partial charge in [0.25, 0.3) is 15.9 Å². The average Bonchev–Trinajstić information content (AvgIpc) is 3.14. The Kier molecular flexibility index (Phi) is 6.50. The van der Waals surface area contributed by atoms with Gasteiger partial charge in [-0.15, -0.1) is 4.40 Å². The van der Waals surface area contributed by atoms with Crippen LogP contribution in [0.2, 0.25) is 0 Å². The van der Waals surface area contributed by atoms with Crippen molar-refractivity contribution in [3.8, 4) is 5.75 Å². The van der Waals surface area contributed by atoms with Crippen molar-refractivity contribution in [1.29, 1.82) is 0 Å². The summed E-state index contributed by atoms with van der Waals surface area (Å²) in [4.78, 5) is 17.3. The molecule has 1 aliphatic carbocycles. The van der Waals surface area contributed by atoms with Crippen molar-refractivity contribution in [3.63, 3.8) is 0 Å². The highest BCUT2D eigenvalue weighted by Gasteiger charge is 2.28. The van der Waals surface area contributed by atoms with Crippen molar-refractivity contribution in [2.45, 2.75) is 37.0 Å². The fourth-order valence-electron chi connectivity index (χ4n) is 4.38. The van der Waals surface area contributed by atoms with Crippen LogP contribution in [0.25, 0.3) is 0 Å². The lowest BCUT2D eigenvalue weighted by atomic mass is 9.90. The standard InChI is InChI=1S/C26H26N4O4S/c31-26(29-25-22(10-6-16-27-25)34-17-18-7-2-1-3-8-18)19-12-14-20(15-13-19)28-24-21-9-4-5-11-23(21)35(32,33)30-24/h4-6,9-16,18H,1-3,7-8,17H2,(H,28,30)(H,27,29,31). The molecule has 1 saturated carbocycles. The van der Waals surface area contributed by atoms with E-state index in [1.165, 1.54) is 38.2 Å². The van der Waals surface area contributed by atoms with Crippen LogP contribution in [0.1, 0.15) is 48.0 Å². The number of amides is 1. The fourth-order valence-corrected chi connectivity index (χ4v) is 5.56. The second-order valence-electron chi connectivity index (χ2n) is 8.73. The third-order valence-corrected chi connectivity index (χ3v) is 7.58. The number of hydrogen-bond donors (Lipinski definition) is 2. The van der Waals surface area contributed by atoms with Crippen molar-refractivity contribution >= 4 is 33.3 Å². The second kappa shape index (κ2) is 9.87. The van der Waals surface area contributed by atoms with Crippen LogP contribution in [0.15, 0.2) is 76.2 Å². The van der Waals surface area contributed by atoms with Crippen LogP contribution in [0.5, 0.6) is 5.75 Å². The molecule has 8 nitrogen and oxygen atoms in total. The van der Waals surface area contributed by atoms with Crippen LogP contribution in [-0.2, 0) is 10.0 Å². The van der Waals surface area contributed by atoms with Crippen LogP contribution < -0.4 is 15.4 Å². The van der Waals surface area contributed by atoms with Gasteiger partial charge in [-0.25, -0.2) is 4.98 Å². The number of carbonyl (C=O) groups excluding carboxylic acids is 1. The van der Waals surface area contributed by atoms with Crippen LogP contribution in [0.4, 0.5) is 11.5 Å². The van der Waals surface area contributed by atoms with Crippen molar-refractivity contribution < 1.29 is 17.9 Å². The van der Waals surface area contributed by atoms with Crippen molar-refractivity contribution in [2.75, 3.05) is 17.2 Å².